The third-order valence-corrected chi connectivity index (χ3v) is 9.77. The van der Waals surface area contributed by atoms with Gasteiger partial charge in [0.05, 0.1) is 16.0 Å². The van der Waals surface area contributed by atoms with Gasteiger partial charge < -0.3 is 9.64 Å². The van der Waals surface area contributed by atoms with Gasteiger partial charge in [-0.3, -0.25) is 4.79 Å². The zero-order valence-electron chi connectivity index (χ0n) is 19.7. The van der Waals surface area contributed by atoms with Crippen molar-refractivity contribution in [3.05, 3.63) is 53.1 Å². The summed E-state index contributed by atoms with van der Waals surface area (Å²) in [5.41, 5.74) is 2.88. The number of nitrogens with zero attached hydrogens (tertiary/aromatic N) is 1. The molecule has 0 bridgehead atoms. The number of anilines is 1. The van der Waals surface area contributed by atoms with E-state index < -0.39 is 20.0 Å². The first-order valence-electron chi connectivity index (χ1n) is 11.4. The van der Waals surface area contributed by atoms with Crippen molar-refractivity contribution in [2.75, 3.05) is 18.1 Å². The second kappa shape index (κ2) is 7.91. The predicted molar refractivity (Wildman–Crippen MR) is 127 cm³/mol. The lowest BCUT2D eigenvalue weighted by Crippen LogP contribution is -2.42. The highest BCUT2D eigenvalue weighted by atomic mass is 32.2. The Bertz CT molecular complexity index is 1160. The van der Waals surface area contributed by atoms with Crippen LogP contribution in [0.4, 0.5) is 5.69 Å². The lowest BCUT2D eigenvalue weighted by molar-refractivity contribution is -0.127. The predicted octanol–water partition coefficient (Wildman–Crippen LogP) is 5.32. The van der Waals surface area contributed by atoms with Gasteiger partial charge in [-0.15, -0.1) is 0 Å². The minimum Gasteiger partial charge on any atom is -0.490 e. The topological polar surface area (TPSA) is 63.7 Å². The van der Waals surface area contributed by atoms with Gasteiger partial charge in [-0.25, -0.2) is 8.42 Å². The number of fused-ring (bicyclic) bond motifs is 1. The number of carbonyl (C=O) groups is 1. The van der Waals surface area contributed by atoms with Gasteiger partial charge in [-0.05, 0) is 88.4 Å². The second-order valence-corrected chi connectivity index (χ2v) is 12.1. The third-order valence-electron chi connectivity index (χ3n) is 7.22. The van der Waals surface area contributed by atoms with Gasteiger partial charge in [-0.2, -0.15) is 0 Å². The number of sulfone groups is 1. The van der Waals surface area contributed by atoms with Crippen LogP contribution in [0.5, 0.6) is 5.75 Å². The molecule has 172 valence electrons. The molecule has 2 aliphatic rings. The standard InChI is InChI=1S/C26H33NO4S/c1-6-27-22-12-10-20(16-23(22)31-17-25(4,5)24(27)28)26(13-7-8-14-26)32(29,30)21-11-9-18(2)19(3)15-21/h9-12,15-16H,6-8,13-14,17H2,1-5H3. The minimum absolute atomic E-state index is 0.0184. The van der Waals surface area contributed by atoms with E-state index in [1.165, 1.54) is 0 Å². The number of amides is 1. The van der Waals surface area contributed by atoms with Crippen LogP contribution in [0.2, 0.25) is 0 Å². The third kappa shape index (κ3) is 3.43. The molecule has 4 rings (SSSR count). The maximum atomic E-state index is 14.0. The van der Waals surface area contributed by atoms with Crippen molar-refractivity contribution >= 4 is 21.4 Å². The maximum absolute atomic E-state index is 14.0. The van der Waals surface area contributed by atoms with Crippen LogP contribution in [0.25, 0.3) is 0 Å². The number of hydrogen-bond acceptors (Lipinski definition) is 4. The number of hydrogen-bond donors (Lipinski definition) is 0. The summed E-state index contributed by atoms with van der Waals surface area (Å²) in [5.74, 6) is 0.606. The highest BCUT2D eigenvalue weighted by Gasteiger charge is 2.49. The highest BCUT2D eigenvalue weighted by molar-refractivity contribution is 7.92. The van der Waals surface area contributed by atoms with Crippen LogP contribution in [-0.2, 0) is 19.4 Å². The van der Waals surface area contributed by atoms with Crippen molar-refractivity contribution < 1.29 is 17.9 Å². The number of rotatable bonds is 4. The van der Waals surface area contributed by atoms with Gasteiger partial charge in [0.2, 0.25) is 5.91 Å². The quantitative estimate of drug-likeness (QED) is 0.626. The van der Waals surface area contributed by atoms with Gasteiger partial charge in [0, 0.05) is 6.54 Å². The molecule has 1 fully saturated rings. The molecule has 0 unspecified atom stereocenters. The fourth-order valence-corrected chi connectivity index (χ4v) is 7.30. The van der Waals surface area contributed by atoms with Crippen molar-refractivity contribution in [2.45, 2.75) is 69.9 Å². The number of aryl methyl sites for hydroxylation is 2. The fraction of sp³-hybridized carbons (Fsp3) is 0.500. The molecule has 0 N–H and O–H groups in total. The maximum Gasteiger partial charge on any atom is 0.236 e. The molecule has 1 saturated carbocycles. The Hall–Kier alpha value is -2.34. The van der Waals surface area contributed by atoms with Gasteiger partial charge in [0.15, 0.2) is 9.84 Å². The largest absolute Gasteiger partial charge is 0.490 e. The number of carbonyl (C=O) groups excluding carboxylic acids is 1. The molecule has 1 heterocycles. The van der Waals surface area contributed by atoms with Crippen molar-refractivity contribution in [3.8, 4) is 5.75 Å². The molecule has 1 aliphatic heterocycles. The first-order chi connectivity index (χ1) is 15.0. The average molecular weight is 456 g/mol. The highest BCUT2D eigenvalue weighted by Crippen LogP contribution is 2.50. The molecule has 32 heavy (non-hydrogen) atoms. The summed E-state index contributed by atoms with van der Waals surface area (Å²) >= 11 is 0. The molecule has 0 atom stereocenters. The van der Waals surface area contributed by atoms with Gasteiger partial charge in [-0.1, -0.05) is 25.0 Å². The van der Waals surface area contributed by atoms with E-state index in [2.05, 4.69) is 0 Å². The van der Waals surface area contributed by atoms with Crippen LogP contribution in [0, 0.1) is 19.3 Å². The van der Waals surface area contributed by atoms with Gasteiger partial charge in [0.25, 0.3) is 0 Å². The number of benzene rings is 2. The lowest BCUT2D eigenvalue weighted by atomic mass is 9.93. The van der Waals surface area contributed by atoms with Crippen LogP contribution in [0.3, 0.4) is 0 Å². The summed E-state index contributed by atoms with van der Waals surface area (Å²) in [6.07, 6.45) is 2.91. The molecule has 0 spiro atoms. The summed E-state index contributed by atoms with van der Waals surface area (Å²) in [6.45, 7) is 10.4. The van der Waals surface area contributed by atoms with E-state index in [0.717, 1.165) is 29.5 Å². The van der Waals surface area contributed by atoms with E-state index in [9.17, 15) is 13.2 Å². The Balaban J connectivity index is 1.85. The first-order valence-corrected chi connectivity index (χ1v) is 12.9. The lowest BCUT2D eigenvalue weighted by Gasteiger charge is -2.31. The summed E-state index contributed by atoms with van der Waals surface area (Å²) in [7, 11) is -3.62. The zero-order chi connectivity index (χ0) is 23.3. The molecular weight excluding hydrogens is 422 g/mol. The molecule has 0 aromatic heterocycles. The zero-order valence-corrected chi connectivity index (χ0v) is 20.5. The average Bonchev–Trinajstić information content (AvgIpc) is 3.24. The second-order valence-electron chi connectivity index (χ2n) is 9.86. The van der Waals surface area contributed by atoms with Crippen LogP contribution in [0.15, 0.2) is 41.3 Å². The smallest absolute Gasteiger partial charge is 0.236 e. The molecular formula is C26H33NO4S. The molecule has 0 radical (unpaired) electrons. The van der Waals surface area contributed by atoms with E-state index >= 15 is 0 Å². The summed E-state index contributed by atoms with van der Waals surface area (Å²) in [6, 6.07) is 11.0. The summed E-state index contributed by atoms with van der Waals surface area (Å²) < 4.78 is 33.2. The van der Waals surface area contributed by atoms with Gasteiger partial charge in [0.1, 0.15) is 17.1 Å². The van der Waals surface area contributed by atoms with Crippen molar-refractivity contribution in [1.29, 1.82) is 0 Å². The Morgan fingerprint density at radius 1 is 1.00 bits per heavy atom. The van der Waals surface area contributed by atoms with Crippen molar-refractivity contribution in [1.82, 2.24) is 0 Å². The molecule has 1 aliphatic carbocycles. The van der Waals surface area contributed by atoms with Crippen molar-refractivity contribution in [3.63, 3.8) is 0 Å². The van der Waals surface area contributed by atoms with E-state index in [1.807, 2.05) is 58.9 Å². The van der Waals surface area contributed by atoms with Crippen molar-refractivity contribution in [2.24, 2.45) is 5.41 Å². The summed E-state index contributed by atoms with van der Waals surface area (Å²) in [5, 5.41) is 0. The fourth-order valence-electron chi connectivity index (χ4n) is 5.01. The van der Waals surface area contributed by atoms with E-state index in [-0.39, 0.29) is 12.5 Å². The first kappa shape index (κ1) is 22.8. The Morgan fingerprint density at radius 3 is 2.31 bits per heavy atom. The molecule has 2 aromatic rings. The Labute approximate surface area is 191 Å². The van der Waals surface area contributed by atoms with Crippen LogP contribution < -0.4 is 9.64 Å². The minimum atomic E-state index is -3.62. The van der Waals surface area contributed by atoms with E-state index in [4.69, 9.17) is 4.74 Å². The molecule has 1 amide bonds. The Kier molecular flexibility index (Phi) is 5.64. The SMILES string of the molecule is CCN1C(=O)C(C)(C)COc2cc(C3(S(=O)(=O)c4ccc(C)c(C)c4)CCCC3)ccc21. The van der Waals surface area contributed by atoms with Crippen LogP contribution in [-0.4, -0.2) is 27.5 Å². The van der Waals surface area contributed by atoms with E-state index in [1.54, 1.807) is 17.0 Å². The molecule has 5 nitrogen and oxygen atoms in total. The molecule has 0 saturated heterocycles. The van der Waals surface area contributed by atoms with Crippen LogP contribution in [0.1, 0.15) is 63.1 Å². The summed E-state index contributed by atoms with van der Waals surface area (Å²) in [4.78, 5) is 15.1. The number of ether oxygens (including phenoxy) is 1. The van der Waals surface area contributed by atoms with E-state index in [0.29, 0.717) is 35.7 Å². The van der Waals surface area contributed by atoms with Gasteiger partial charge >= 0.3 is 0 Å². The Morgan fingerprint density at radius 2 is 1.69 bits per heavy atom. The molecule has 6 heteroatoms. The normalized spacial score (nSPS) is 19.9. The van der Waals surface area contributed by atoms with Crippen LogP contribution >= 0.6 is 0 Å². The monoisotopic (exact) mass is 455 g/mol. The molecule has 2 aromatic carbocycles.